The van der Waals surface area contributed by atoms with Gasteiger partial charge in [-0.1, -0.05) is 54.6 Å². The molecule has 0 spiro atoms. The van der Waals surface area contributed by atoms with Gasteiger partial charge < -0.3 is 40.3 Å². The van der Waals surface area contributed by atoms with E-state index < -0.39 is 6.10 Å². The van der Waals surface area contributed by atoms with E-state index in [0.717, 1.165) is 62.1 Å². The molecule has 9 heteroatoms. The lowest BCUT2D eigenvalue weighted by Gasteiger charge is -2.42. The van der Waals surface area contributed by atoms with Crippen molar-refractivity contribution in [3.63, 3.8) is 0 Å². The fourth-order valence-electron chi connectivity index (χ4n) is 6.83. The van der Waals surface area contributed by atoms with Crippen LogP contribution in [-0.4, -0.2) is 72.6 Å². The summed E-state index contributed by atoms with van der Waals surface area (Å²) in [4.78, 5) is 14.0. The number of aryl methyl sites for hydroxylation is 1. The number of phenols is 2. The van der Waals surface area contributed by atoms with Crippen molar-refractivity contribution in [1.82, 2.24) is 10.2 Å². The summed E-state index contributed by atoms with van der Waals surface area (Å²) in [7, 11) is 2.16. The summed E-state index contributed by atoms with van der Waals surface area (Å²) in [6.45, 7) is 3.38. The van der Waals surface area contributed by atoms with Crippen LogP contribution in [0.4, 0.5) is 5.69 Å². The number of phenolic OH excluding ortho intramolecular Hbond substituents is 2. The first kappa shape index (κ1) is 33.3. The van der Waals surface area contributed by atoms with Gasteiger partial charge in [0.1, 0.15) is 22.9 Å². The van der Waals surface area contributed by atoms with E-state index in [2.05, 4.69) is 65.0 Å². The molecule has 2 aliphatic rings. The van der Waals surface area contributed by atoms with Crippen molar-refractivity contribution < 1.29 is 29.6 Å². The second-order valence-electron chi connectivity index (χ2n) is 12.9. The van der Waals surface area contributed by atoms with Gasteiger partial charge in [-0.05, 0) is 106 Å². The normalized spacial score (nSPS) is 16.4. The number of hydrogen-bond acceptors (Lipinski definition) is 8. The molecule has 5 N–H and O–H groups in total. The Hall–Kier alpha value is -4.57. The number of carbonyl (C=O) groups excluding carboxylic acids is 1. The summed E-state index contributed by atoms with van der Waals surface area (Å²) >= 11 is 0. The van der Waals surface area contributed by atoms with Gasteiger partial charge in [0.25, 0.3) is 5.91 Å². The number of ether oxygens (including phenoxy) is 2. The molecule has 4 aromatic rings. The maximum Gasteiger partial charge on any atom is 0.262 e. The van der Waals surface area contributed by atoms with Crippen molar-refractivity contribution in [3.8, 4) is 23.0 Å². The number of benzene rings is 4. The Balaban J connectivity index is 0.963. The second-order valence-corrected chi connectivity index (χ2v) is 12.9. The monoisotopic (exact) mass is 651 g/mol. The summed E-state index contributed by atoms with van der Waals surface area (Å²) in [5.74, 6) is 1.06. The molecule has 6 rings (SSSR count). The van der Waals surface area contributed by atoms with E-state index in [0.29, 0.717) is 36.8 Å². The van der Waals surface area contributed by atoms with E-state index in [1.165, 1.54) is 17.2 Å². The molecule has 9 nitrogen and oxygen atoms in total. The third-order valence-corrected chi connectivity index (χ3v) is 9.61. The van der Waals surface area contributed by atoms with Crippen LogP contribution >= 0.6 is 0 Å². The van der Waals surface area contributed by atoms with Crippen LogP contribution in [0.2, 0.25) is 0 Å². The first-order chi connectivity index (χ1) is 23.3. The van der Waals surface area contributed by atoms with Crippen LogP contribution in [0.15, 0.2) is 84.9 Å². The zero-order chi connectivity index (χ0) is 33.5. The number of amides is 1. The topological polar surface area (TPSA) is 124 Å². The molecule has 0 aromatic heterocycles. The number of fused-ring (bicyclic) bond motifs is 1. The summed E-state index contributed by atoms with van der Waals surface area (Å²) in [6.07, 6.45) is 3.58. The number of aliphatic hydroxyl groups excluding tert-OH is 1. The number of hydrogen-bond donors (Lipinski definition) is 5. The van der Waals surface area contributed by atoms with Gasteiger partial charge in [0.2, 0.25) is 0 Å². The van der Waals surface area contributed by atoms with Crippen molar-refractivity contribution in [2.45, 2.75) is 43.6 Å². The largest absolute Gasteiger partial charge is 0.508 e. The number of piperidine rings is 1. The van der Waals surface area contributed by atoms with E-state index in [1.807, 2.05) is 30.3 Å². The molecule has 252 valence electrons. The highest BCUT2D eigenvalue weighted by Gasteiger charge is 2.39. The van der Waals surface area contributed by atoms with Crippen LogP contribution in [0.1, 0.15) is 53.2 Å². The zero-order valence-electron chi connectivity index (χ0n) is 27.5. The van der Waals surface area contributed by atoms with Crippen molar-refractivity contribution in [2.75, 3.05) is 51.8 Å². The van der Waals surface area contributed by atoms with Gasteiger partial charge in [-0.15, -0.1) is 0 Å². The number of aliphatic hydroxyl groups is 1. The fourth-order valence-corrected chi connectivity index (χ4v) is 6.83. The molecule has 0 aliphatic carbocycles. The van der Waals surface area contributed by atoms with E-state index >= 15 is 0 Å². The van der Waals surface area contributed by atoms with Crippen LogP contribution in [0.25, 0.3) is 0 Å². The van der Waals surface area contributed by atoms with Crippen LogP contribution in [-0.2, 0) is 23.1 Å². The number of nitrogens with one attached hydrogen (secondary N) is 2. The number of aromatic hydroxyl groups is 2. The van der Waals surface area contributed by atoms with Gasteiger partial charge in [-0.2, -0.15) is 0 Å². The first-order valence-electron chi connectivity index (χ1n) is 16.8. The molecule has 0 unspecified atom stereocenters. The van der Waals surface area contributed by atoms with E-state index in [1.54, 1.807) is 6.07 Å². The molecule has 1 fully saturated rings. The smallest absolute Gasteiger partial charge is 0.262 e. The summed E-state index contributed by atoms with van der Waals surface area (Å²) in [5.41, 5.74) is 5.17. The SMILES string of the molecule is CN1CCC(c2ccccc2)(c2cc(CCCOc3ccc(CCNC[C@H](O)c4ccc(O)c5c4OCC(=O)N5)cc3)ccc2O)CC1. The Morgan fingerprint density at radius 3 is 2.44 bits per heavy atom. The minimum atomic E-state index is -0.863. The lowest BCUT2D eigenvalue weighted by atomic mass is 9.67. The highest BCUT2D eigenvalue weighted by molar-refractivity contribution is 5.97. The average Bonchev–Trinajstić information content (AvgIpc) is 3.11. The molecular weight excluding hydrogens is 606 g/mol. The molecule has 2 aliphatic heterocycles. The average molecular weight is 652 g/mol. The van der Waals surface area contributed by atoms with Crippen molar-refractivity contribution >= 4 is 11.6 Å². The van der Waals surface area contributed by atoms with Crippen molar-refractivity contribution in [1.29, 1.82) is 0 Å². The number of carbonyl (C=O) groups is 1. The van der Waals surface area contributed by atoms with Crippen molar-refractivity contribution in [2.24, 2.45) is 0 Å². The van der Waals surface area contributed by atoms with Gasteiger partial charge in [-0.25, -0.2) is 0 Å². The summed E-state index contributed by atoms with van der Waals surface area (Å²) in [5, 5.41) is 37.7. The maximum absolute atomic E-state index is 11.6. The van der Waals surface area contributed by atoms with Crippen molar-refractivity contribution in [3.05, 3.63) is 113 Å². The molecular formula is C39H45N3O6. The minimum absolute atomic E-state index is 0.0966. The highest BCUT2D eigenvalue weighted by atomic mass is 16.5. The lowest BCUT2D eigenvalue weighted by molar-refractivity contribution is -0.118. The maximum atomic E-state index is 11.6. The molecule has 0 bridgehead atoms. The zero-order valence-corrected chi connectivity index (χ0v) is 27.5. The number of likely N-dealkylation sites (tertiary alicyclic amines) is 1. The van der Waals surface area contributed by atoms with Gasteiger partial charge in [0.15, 0.2) is 12.4 Å². The second kappa shape index (κ2) is 15.1. The highest BCUT2D eigenvalue weighted by Crippen LogP contribution is 2.45. The molecule has 0 saturated carbocycles. The van der Waals surface area contributed by atoms with Gasteiger partial charge in [0, 0.05) is 23.1 Å². The molecule has 2 heterocycles. The predicted molar refractivity (Wildman–Crippen MR) is 186 cm³/mol. The standard InChI is InChI=1S/C39H45N3O6/c1-42-21-18-39(19-22-42,29-7-3-2-4-8-29)32-24-28(11-15-33(32)43)6-5-23-47-30-12-9-27(10-13-30)17-20-40-25-35(45)31-14-16-34(44)37-38(31)48-26-36(46)41-37/h2-4,7-16,24,35,40,43-45H,5-6,17-23,25-26H2,1H3,(H,41,46)/t35-/m0/s1. The Labute approximate surface area is 282 Å². The van der Waals surface area contributed by atoms with E-state index in [4.69, 9.17) is 9.47 Å². The molecule has 1 saturated heterocycles. The Bertz CT molecular complexity index is 1690. The van der Waals surface area contributed by atoms with Gasteiger partial charge >= 0.3 is 0 Å². The number of rotatable bonds is 13. The molecule has 0 radical (unpaired) electrons. The first-order valence-corrected chi connectivity index (χ1v) is 16.8. The third kappa shape index (κ3) is 7.59. The van der Waals surface area contributed by atoms with E-state index in [9.17, 15) is 20.1 Å². The van der Waals surface area contributed by atoms with Gasteiger partial charge in [0.05, 0.1) is 12.7 Å². The summed E-state index contributed by atoms with van der Waals surface area (Å²) in [6, 6.07) is 27.9. The number of nitrogens with zero attached hydrogens (tertiary/aromatic N) is 1. The number of anilines is 1. The Morgan fingerprint density at radius 2 is 1.67 bits per heavy atom. The van der Waals surface area contributed by atoms with Crippen LogP contribution in [0.3, 0.4) is 0 Å². The Morgan fingerprint density at radius 1 is 0.938 bits per heavy atom. The molecule has 4 aromatic carbocycles. The molecule has 48 heavy (non-hydrogen) atoms. The Kier molecular flexibility index (Phi) is 10.5. The summed E-state index contributed by atoms with van der Waals surface area (Å²) < 4.78 is 11.5. The van der Waals surface area contributed by atoms with Crippen LogP contribution < -0.4 is 20.1 Å². The van der Waals surface area contributed by atoms with Crippen LogP contribution in [0, 0.1) is 0 Å². The molecule has 1 amide bonds. The lowest BCUT2D eigenvalue weighted by Crippen LogP contribution is -2.41. The fraction of sp³-hybridized carbons (Fsp3) is 0.359. The quantitative estimate of drug-likeness (QED) is 0.0973. The molecule has 1 atom stereocenters. The third-order valence-electron chi connectivity index (χ3n) is 9.61. The van der Waals surface area contributed by atoms with Gasteiger partial charge in [-0.3, -0.25) is 4.79 Å². The minimum Gasteiger partial charge on any atom is -0.508 e. The predicted octanol–water partition coefficient (Wildman–Crippen LogP) is 5.32. The van der Waals surface area contributed by atoms with Crippen LogP contribution in [0.5, 0.6) is 23.0 Å². The van der Waals surface area contributed by atoms with E-state index in [-0.39, 0.29) is 29.4 Å².